The van der Waals surface area contributed by atoms with Gasteiger partial charge in [-0.2, -0.15) is 5.10 Å². The number of nitrogens with one attached hydrogen (secondary N) is 1. The third-order valence-electron chi connectivity index (χ3n) is 2.97. The quantitative estimate of drug-likeness (QED) is 0.775. The molecule has 108 valence electrons. The second-order valence-electron chi connectivity index (χ2n) is 4.66. The van der Waals surface area contributed by atoms with E-state index in [1.165, 1.54) is 0 Å². The van der Waals surface area contributed by atoms with Crippen molar-refractivity contribution in [1.82, 2.24) is 9.61 Å². The summed E-state index contributed by atoms with van der Waals surface area (Å²) in [6.07, 6.45) is 2.75. The summed E-state index contributed by atoms with van der Waals surface area (Å²) in [7, 11) is -3.38. The lowest BCUT2D eigenvalue weighted by Gasteiger charge is -2.10. The average molecular weight is 366 g/mol. The Morgan fingerprint density at radius 3 is 2.52 bits per heavy atom. The van der Waals surface area contributed by atoms with Crippen molar-refractivity contribution >= 4 is 37.3 Å². The Kier molecular flexibility index (Phi) is 3.46. The minimum absolute atomic E-state index is 0.402. The first kappa shape index (κ1) is 14.1. The molecule has 0 aliphatic rings. The van der Waals surface area contributed by atoms with Crippen LogP contribution in [0.2, 0.25) is 0 Å². The number of aromatic nitrogens is 2. The number of rotatable bonds is 3. The summed E-state index contributed by atoms with van der Waals surface area (Å²) in [6, 6.07) is 13.5. The van der Waals surface area contributed by atoms with Gasteiger partial charge in [0, 0.05) is 0 Å². The maximum absolute atomic E-state index is 11.5. The van der Waals surface area contributed by atoms with E-state index in [0.29, 0.717) is 5.82 Å². The molecule has 0 bridgehead atoms. The van der Waals surface area contributed by atoms with Gasteiger partial charge in [0.2, 0.25) is 10.0 Å². The van der Waals surface area contributed by atoms with Gasteiger partial charge in [0.25, 0.3) is 0 Å². The Balaban J connectivity index is 2.26. The monoisotopic (exact) mass is 365 g/mol. The van der Waals surface area contributed by atoms with E-state index in [4.69, 9.17) is 0 Å². The topological polar surface area (TPSA) is 63.5 Å². The van der Waals surface area contributed by atoms with Crippen LogP contribution in [0.5, 0.6) is 0 Å². The number of benzene rings is 1. The molecule has 0 aliphatic heterocycles. The zero-order chi connectivity index (χ0) is 15.0. The number of fused-ring (bicyclic) bond motifs is 1. The van der Waals surface area contributed by atoms with Crippen molar-refractivity contribution in [3.05, 3.63) is 53.1 Å². The summed E-state index contributed by atoms with van der Waals surface area (Å²) < 4.78 is 27.9. The Morgan fingerprint density at radius 1 is 1.14 bits per heavy atom. The van der Waals surface area contributed by atoms with Crippen LogP contribution in [0, 0.1) is 0 Å². The molecular formula is C14H12BrN3O2S. The average Bonchev–Trinajstić information content (AvgIpc) is 2.80. The molecule has 0 unspecified atom stereocenters. The van der Waals surface area contributed by atoms with Gasteiger partial charge >= 0.3 is 0 Å². The number of halogens is 1. The summed E-state index contributed by atoms with van der Waals surface area (Å²) in [5.41, 5.74) is 2.71. The second kappa shape index (κ2) is 5.16. The van der Waals surface area contributed by atoms with E-state index in [-0.39, 0.29) is 0 Å². The summed E-state index contributed by atoms with van der Waals surface area (Å²) >= 11 is 3.43. The normalized spacial score (nSPS) is 11.7. The Hall–Kier alpha value is -1.86. The molecule has 0 fully saturated rings. The van der Waals surface area contributed by atoms with E-state index < -0.39 is 10.0 Å². The fourth-order valence-electron chi connectivity index (χ4n) is 2.12. The zero-order valence-electron chi connectivity index (χ0n) is 11.1. The van der Waals surface area contributed by atoms with Crippen molar-refractivity contribution in [2.24, 2.45) is 0 Å². The summed E-state index contributed by atoms with van der Waals surface area (Å²) in [6.45, 7) is 0. The van der Waals surface area contributed by atoms with E-state index in [2.05, 4.69) is 25.8 Å². The SMILES string of the molecule is CS(=O)(=O)Nc1cc(-c2ccccc2)cc2c(Br)cnn12. The molecule has 2 aromatic heterocycles. The Bertz CT molecular complexity index is 905. The van der Waals surface area contributed by atoms with Crippen molar-refractivity contribution in [2.45, 2.75) is 0 Å². The second-order valence-corrected chi connectivity index (χ2v) is 7.26. The number of hydrogen-bond donors (Lipinski definition) is 1. The van der Waals surface area contributed by atoms with Gasteiger partial charge < -0.3 is 0 Å². The summed E-state index contributed by atoms with van der Waals surface area (Å²) in [5.74, 6) is 0.402. The highest BCUT2D eigenvalue weighted by molar-refractivity contribution is 9.10. The van der Waals surface area contributed by atoms with Crippen LogP contribution in [0.25, 0.3) is 16.6 Å². The Morgan fingerprint density at radius 2 is 1.86 bits per heavy atom. The van der Waals surface area contributed by atoms with Gasteiger partial charge in [0.1, 0.15) is 5.82 Å². The van der Waals surface area contributed by atoms with Gasteiger partial charge in [0.15, 0.2) is 0 Å². The minimum Gasteiger partial charge on any atom is -0.267 e. The van der Waals surface area contributed by atoms with Crippen LogP contribution in [0.1, 0.15) is 0 Å². The maximum Gasteiger partial charge on any atom is 0.230 e. The molecule has 0 spiro atoms. The smallest absolute Gasteiger partial charge is 0.230 e. The molecule has 0 radical (unpaired) electrons. The van der Waals surface area contributed by atoms with Crippen molar-refractivity contribution in [2.75, 3.05) is 11.0 Å². The maximum atomic E-state index is 11.5. The molecule has 21 heavy (non-hydrogen) atoms. The van der Waals surface area contributed by atoms with E-state index in [1.54, 1.807) is 16.8 Å². The molecule has 3 rings (SSSR count). The van der Waals surface area contributed by atoms with E-state index >= 15 is 0 Å². The first-order chi connectivity index (χ1) is 9.94. The fourth-order valence-corrected chi connectivity index (χ4v) is 3.02. The first-order valence-corrected chi connectivity index (χ1v) is 8.83. The zero-order valence-corrected chi connectivity index (χ0v) is 13.5. The van der Waals surface area contributed by atoms with Gasteiger partial charge in [-0.25, -0.2) is 12.9 Å². The van der Waals surface area contributed by atoms with Crippen molar-refractivity contribution < 1.29 is 8.42 Å². The van der Waals surface area contributed by atoms with Crippen LogP contribution >= 0.6 is 15.9 Å². The summed E-state index contributed by atoms with van der Waals surface area (Å²) in [4.78, 5) is 0. The molecule has 3 aromatic rings. The van der Waals surface area contributed by atoms with Crippen molar-refractivity contribution in [3.8, 4) is 11.1 Å². The molecule has 0 atom stereocenters. The third-order valence-corrected chi connectivity index (χ3v) is 4.16. The molecule has 0 saturated heterocycles. The number of nitrogens with zero attached hydrogens (tertiary/aromatic N) is 2. The number of anilines is 1. The first-order valence-electron chi connectivity index (χ1n) is 6.14. The van der Waals surface area contributed by atoms with E-state index in [9.17, 15) is 8.42 Å². The molecule has 5 nitrogen and oxygen atoms in total. The van der Waals surface area contributed by atoms with Gasteiger partial charge in [-0.15, -0.1) is 0 Å². The number of sulfonamides is 1. The predicted molar refractivity (Wildman–Crippen MR) is 86.8 cm³/mol. The summed E-state index contributed by atoms with van der Waals surface area (Å²) in [5, 5.41) is 4.18. The van der Waals surface area contributed by atoms with Crippen LogP contribution < -0.4 is 4.72 Å². The molecule has 0 aliphatic carbocycles. The molecule has 2 heterocycles. The van der Waals surface area contributed by atoms with Crippen LogP contribution in [0.4, 0.5) is 5.82 Å². The Labute approximate surface area is 130 Å². The lowest BCUT2D eigenvalue weighted by Crippen LogP contribution is -2.13. The van der Waals surface area contributed by atoms with E-state index in [1.807, 2.05) is 36.4 Å². The van der Waals surface area contributed by atoms with Crippen LogP contribution in [0.15, 0.2) is 53.1 Å². The lowest BCUT2D eigenvalue weighted by atomic mass is 10.1. The fraction of sp³-hybridized carbons (Fsp3) is 0.0714. The molecular weight excluding hydrogens is 354 g/mol. The molecule has 7 heteroatoms. The van der Waals surface area contributed by atoms with Gasteiger partial charge in [-0.05, 0) is 39.2 Å². The number of pyridine rings is 1. The minimum atomic E-state index is -3.38. The predicted octanol–water partition coefficient (Wildman–Crippen LogP) is 3.14. The third kappa shape index (κ3) is 2.93. The molecule has 1 aromatic carbocycles. The van der Waals surface area contributed by atoms with Gasteiger partial charge in [-0.3, -0.25) is 4.72 Å². The van der Waals surface area contributed by atoms with Crippen LogP contribution in [0.3, 0.4) is 0 Å². The highest BCUT2D eigenvalue weighted by Crippen LogP contribution is 2.29. The van der Waals surface area contributed by atoms with Gasteiger partial charge in [-0.1, -0.05) is 30.3 Å². The molecule has 0 amide bonds. The molecule has 0 saturated carbocycles. The standard InChI is InChI=1S/C14H12BrN3O2S/c1-21(19,20)17-14-8-11(10-5-3-2-4-6-10)7-13-12(15)9-16-18(13)14/h2-9,17H,1H3. The van der Waals surface area contributed by atoms with Crippen LogP contribution in [-0.2, 0) is 10.0 Å². The molecule has 1 N–H and O–H groups in total. The highest BCUT2D eigenvalue weighted by atomic mass is 79.9. The van der Waals surface area contributed by atoms with Crippen molar-refractivity contribution in [3.63, 3.8) is 0 Å². The lowest BCUT2D eigenvalue weighted by molar-refractivity contribution is 0.606. The van der Waals surface area contributed by atoms with Crippen molar-refractivity contribution in [1.29, 1.82) is 0 Å². The van der Waals surface area contributed by atoms with Gasteiger partial charge in [0.05, 0.1) is 22.4 Å². The van der Waals surface area contributed by atoms with E-state index in [0.717, 1.165) is 27.4 Å². The number of hydrogen-bond acceptors (Lipinski definition) is 3. The highest BCUT2D eigenvalue weighted by Gasteiger charge is 2.12. The largest absolute Gasteiger partial charge is 0.267 e. The van der Waals surface area contributed by atoms with Crippen LogP contribution in [-0.4, -0.2) is 24.3 Å².